The van der Waals surface area contributed by atoms with E-state index in [1.165, 1.54) is 27.8 Å². The van der Waals surface area contributed by atoms with Crippen molar-refractivity contribution in [3.63, 3.8) is 0 Å². The summed E-state index contributed by atoms with van der Waals surface area (Å²) in [6.07, 6.45) is 7.89. The Bertz CT molecular complexity index is 2210. The summed E-state index contributed by atoms with van der Waals surface area (Å²) in [6.45, 7) is 6.46. The van der Waals surface area contributed by atoms with Gasteiger partial charge in [-0.1, -0.05) is 164 Å². The van der Waals surface area contributed by atoms with Crippen molar-refractivity contribution in [1.82, 2.24) is 5.23 Å². The molecule has 4 heteroatoms. The van der Waals surface area contributed by atoms with Crippen LogP contribution in [0.5, 0.6) is 0 Å². The Morgan fingerprint density at radius 3 is 2.00 bits per heavy atom. The van der Waals surface area contributed by atoms with Crippen molar-refractivity contribution in [1.29, 1.82) is 0 Å². The molecule has 0 radical (unpaired) electrons. The number of rotatable bonds is 9. The van der Waals surface area contributed by atoms with Gasteiger partial charge in [0, 0.05) is 11.3 Å². The third-order valence-corrected chi connectivity index (χ3v) is 9.99. The average Bonchev–Trinajstić information content (AvgIpc) is 3.45. The first-order valence-corrected chi connectivity index (χ1v) is 17.1. The van der Waals surface area contributed by atoms with Crippen LogP contribution in [0.25, 0.3) is 16.7 Å². The van der Waals surface area contributed by atoms with E-state index in [1.54, 1.807) is 11.1 Å². The Hall–Kier alpha value is -5.97. The predicted octanol–water partition coefficient (Wildman–Crippen LogP) is 11.6. The molecule has 1 N–H and O–H groups in total. The minimum atomic E-state index is -0.601. The van der Waals surface area contributed by atoms with E-state index in [0.29, 0.717) is 6.54 Å². The smallest absolute Gasteiger partial charge is 0.0756 e. The van der Waals surface area contributed by atoms with E-state index in [0.717, 1.165) is 50.1 Å². The number of hydrazine groups is 1. The Morgan fingerprint density at radius 2 is 1.30 bits per heavy atom. The second kappa shape index (κ2) is 13.1. The number of allylic oxidation sites excluding steroid dienone is 5. The molecule has 0 saturated carbocycles. The molecular weight excluding hydrogens is 614 g/mol. The third kappa shape index (κ3) is 5.26. The molecule has 1 spiro atoms. The number of benzene rings is 6. The molecule has 3 nitrogen and oxygen atoms in total. The fourth-order valence-electron chi connectivity index (χ4n) is 7.79. The molecule has 2 aliphatic rings. The van der Waals surface area contributed by atoms with Crippen molar-refractivity contribution in [2.45, 2.75) is 25.4 Å². The zero-order valence-corrected chi connectivity index (χ0v) is 28.1. The van der Waals surface area contributed by atoms with Crippen molar-refractivity contribution in [3.8, 4) is 11.1 Å². The zero-order valence-electron chi connectivity index (χ0n) is 28.1. The standard InChI is InChI=1S/C46H38FN3/c1-3-4-7-17-33(2)37-24-16-27-42-45(37)48-44-29-28-35(32-50(47)49(36-20-10-6-11-21-36)31-34-18-8-5-9-19-34)30-43(44)46(42)40-25-14-12-22-38(40)39-23-13-15-26-41(39)46/h3-30,48H,1,31-32H2,2H3/b7-4-,33-17+. The van der Waals surface area contributed by atoms with Gasteiger partial charge in [-0.15, -0.1) is 4.48 Å². The zero-order chi connectivity index (χ0) is 34.1. The van der Waals surface area contributed by atoms with Gasteiger partial charge in [-0.3, -0.25) is 5.01 Å². The molecule has 0 amide bonds. The molecule has 6 aromatic carbocycles. The minimum Gasteiger partial charge on any atom is -0.354 e. The van der Waals surface area contributed by atoms with Crippen LogP contribution >= 0.6 is 0 Å². The van der Waals surface area contributed by atoms with Crippen LogP contribution in [0.1, 0.15) is 45.9 Å². The van der Waals surface area contributed by atoms with Gasteiger partial charge in [-0.05, 0) is 75.2 Å². The maximum atomic E-state index is 16.6. The summed E-state index contributed by atoms with van der Waals surface area (Å²) in [4.78, 5) is 0. The number of para-hydroxylation sites is 2. The molecule has 244 valence electrons. The van der Waals surface area contributed by atoms with E-state index >= 15 is 4.48 Å². The predicted molar refractivity (Wildman–Crippen MR) is 206 cm³/mol. The number of nitrogens with zero attached hydrogens (tertiary/aromatic N) is 2. The molecule has 0 bridgehead atoms. The van der Waals surface area contributed by atoms with Gasteiger partial charge in [0.1, 0.15) is 0 Å². The molecule has 0 atom stereocenters. The Balaban J connectivity index is 1.29. The van der Waals surface area contributed by atoms with Gasteiger partial charge >= 0.3 is 0 Å². The van der Waals surface area contributed by atoms with Gasteiger partial charge in [0.05, 0.1) is 29.9 Å². The average molecular weight is 652 g/mol. The van der Waals surface area contributed by atoms with Crippen LogP contribution in [0.4, 0.5) is 21.5 Å². The number of nitrogens with one attached hydrogen (secondary N) is 1. The van der Waals surface area contributed by atoms with Crippen LogP contribution < -0.4 is 10.3 Å². The highest BCUT2D eigenvalue weighted by atomic mass is 19.2. The Labute approximate surface area is 293 Å². The van der Waals surface area contributed by atoms with Gasteiger partial charge < -0.3 is 5.32 Å². The first-order chi connectivity index (χ1) is 24.6. The maximum absolute atomic E-state index is 16.6. The molecule has 0 aromatic heterocycles. The summed E-state index contributed by atoms with van der Waals surface area (Å²) in [5.41, 5.74) is 13.7. The quantitative estimate of drug-likeness (QED) is 0.0952. The second-order valence-electron chi connectivity index (χ2n) is 12.9. The molecule has 0 saturated heterocycles. The number of anilines is 3. The summed E-state index contributed by atoms with van der Waals surface area (Å²) >= 11 is 0. The van der Waals surface area contributed by atoms with Gasteiger partial charge in [0.15, 0.2) is 0 Å². The van der Waals surface area contributed by atoms with Crippen LogP contribution in [0, 0.1) is 0 Å². The van der Waals surface area contributed by atoms with Crippen LogP contribution in [0.3, 0.4) is 0 Å². The first kappa shape index (κ1) is 31.3. The molecule has 1 heterocycles. The highest BCUT2D eigenvalue weighted by Gasteiger charge is 2.50. The summed E-state index contributed by atoms with van der Waals surface area (Å²) in [5.74, 6) is 0. The Morgan fingerprint density at radius 1 is 0.660 bits per heavy atom. The monoisotopic (exact) mass is 651 g/mol. The molecule has 1 aliphatic heterocycles. The highest BCUT2D eigenvalue weighted by Crippen LogP contribution is 2.61. The van der Waals surface area contributed by atoms with E-state index in [2.05, 4.69) is 104 Å². The van der Waals surface area contributed by atoms with E-state index in [4.69, 9.17) is 0 Å². The molecular formula is C46H38FN3. The number of hydrogen-bond donors (Lipinski definition) is 1. The maximum Gasteiger partial charge on any atom is 0.0756 e. The minimum absolute atomic E-state index is 0.0821. The molecule has 8 rings (SSSR count). The third-order valence-electron chi connectivity index (χ3n) is 9.99. The summed E-state index contributed by atoms with van der Waals surface area (Å²) < 4.78 is 16.6. The first-order valence-electron chi connectivity index (χ1n) is 17.1. The second-order valence-corrected chi connectivity index (χ2v) is 12.9. The van der Waals surface area contributed by atoms with Crippen LogP contribution in [-0.4, -0.2) is 5.23 Å². The van der Waals surface area contributed by atoms with E-state index in [9.17, 15) is 0 Å². The number of halogens is 1. The lowest BCUT2D eigenvalue weighted by atomic mass is 9.64. The lowest BCUT2D eigenvalue weighted by Gasteiger charge is -2.41. The fourth-order valence-corrected chi connectivity index (χ4v) is 7.79. The van der Waals surface area contributed by atoms with Gasteiger partial charge in [-0.2, -0.15) is 0 Å². The van der Waals surface area contributed by atoms with Crippen molar-refractivity contribution < 1.29 is 4.48 Å². The van der Waals surface area contributed by atoms with Crippen LogP contribution in [-0.2, 0) is 18.5 Å². The van der Waals surface area contributed by atoms with Gasteiger partial charge in [0.25, 0.3) is 0 Å². The molecule has 0 fully saturated rings. The summed E-state index contributed by atoms with van der Waals surface area (Å²) in [7, 11) is 0. The molecule has 6 aromatic rings. The highest BCUT2D eigenvalue weighted by molar-refractivity contribution is 5.95. The Kier molecular flexibility index (Phi) is 8.23. The van der Waals surface area contributed by atoms with Crippen molar-refractivity contribution in [2.24, 2.45) is 0 Å². The van der Waals surface area contributed by atoms with E-state index in [-0.39, 0.29) is 6.54 Å². The molecule has 50 heavy (non-hydrogen) atoms. The normalized spacial score (nSPS) is 13.8. The number of hydrogen-bond acceptors (Lipinski definition) is 3. The molecule has 1 aliphatic carbocycles. The van der Waals surface area contributed by atoms with Crippen molar-refractivity contribution in [3.05, 3.63) is 215 Å². The van der Waals surface area contributed by atoms with Gasteiger partial charge in [-0.25, -0.2) is 0 Å². The van der Waals surface area contributed by atoms with Crippen molar-refractivity contribution in [2.75, 3.05) is 10.3 Å². The van der Waals surface area contributed by atoms with Crippen molar-refractivity contribution >= 4 is 22.6 Å². The number of fused-ring (bicyclic) bond motifs is 9. The lowest BCUT2D eigenvalue weighted by Crippen LogP contribution is -2.37. The molecule has 0 unspecified atom stereocenters. The lowest BCUT2D eigenvalue weighted by molar-refractivity contribution is -0.00167. The van der Waals surface area contributed by atoms with Gasteiger partial charge in [0.2, 0.25) is 0 Å². The summed E-state index contributed by atoms with van der Waals surface area (Å²) in [6, 6.07) is 50.3. The van der Waals surface area contributed by atoms with E-state index in [1.807, 2.05) is 78.9 Å². The largest absolute Gasteiger partial charge is 0.354 e. The summed E-state index contributed by atoms with van der Waals surface area (Å²) in [5, 5.41) is 6.41. The van der Waals surface area contributed by atoms with Crippen LogP contribution in [0.2, 0.25) is 0 Å². The SMILES string of the molecule is C=C/C=C\C=C(/C)c1cccc2c1Nc1ccc(CN(F)N(Cc3ccccc3)c3ccccc3)cc1C21c2ccccc2-c2ccccc21. The topological polar surface area (TPSA) is 18.5 Å². The van der Waals surface area contributed by atoms with Crippen LogP contribution in [0.15, 0.2) is 176 Å². The fraction of sp³-hybridized carbons (Fsp3) is 0.0870. The van der Waals surface area contributed by atoms with E-state index < -0.39 is 5.41 Å².